The molecule has 0 atom stereocenters. The summed E-state index contributed by atoms with van der Waals surface area (Å²) in [5.41, 5.74) is 6.73. The lowest BCUT2D eigenvalue weighted by Gasteiger charge is -2.29. The summed E-state index contributed by atoms with van der Waals surface area (Å²) in [4.78, 5) is 0. The molecule has 1 saturated carbocycles. The summed E-state index contributed by atoms with van der Waals surface area (Å²) in [6.07, 6.45) is 4.31. The minimum absolute atomic E-state index is 0.115. The van der Waals surface area contributed by atoms with Gasteiger partial charge in [0, 0.05) is 22.0 Å². The van der Waals surface area contributed by atoms with Crippen molar-refractivity contribution in [1.82, 2.24) is 0 Å². The van der Waals surface area contributed by atoms with Crippen molar-refractivity contribution in [2.24, 2.45) is 5.73 Å². The van der Waals surface area contributed by atoms with E-state index < -0.39 is 0 Å². The Morgan fingerprint density at radius 3 is 2.59 bits per heavy atom. The number of rotatable bonds is 3. The van der Waals surface area contributed by atoms with E-state index in [2.05, 4.69) is 15.9 Å². The van der Waals surface area contributed by atoms with E-state index in [0.29, 0.717) is 12.3 Å². The van der Waals surface area contributed by atoms with Crippen LogP contribution in [-0.4, -0.2) is 13.7 Å². The second kappa shape index (κ2) is 4.94. The van der Waals surface area contributed by atoms with Crippen molar-refractivity contribution in [1.29, 1.82) is 0 Å². The van der Waals surface area contributed by atoms with E-state index >= 15 is 0 Å². The molecule has 0 saturated heterocycles. The molecule has 0 radical (unpaired) electrons. The molecule has 0 aliphatic heterocycles. The fraction of sp³-hybridized carbons (Fsp3) is 0.538. The number of hydrogen-bond donors (Lipinski definition) is 1. The van der Waals surface area contributed by atoms with Crippen LogP contribution in [0.2, 0.25) is 0 Å². The average Bonchev–Trinajstić information content (AvgIpc) is 2.77. The van der Waals surface area contributed by atoms with Gasteiger partial charge < -0.3 is 10.5 Å². The molecule has 0 unspecified atom stereocenters. The predicted molar refractivity (Wildman–Crippen MR) is 69.9 cm³/mol. The summed E-state index contributed by atoms with van der Waals surface area (Å²) in [6.45, 7) is 0.541. The van der Waals surface area contributed by atoms with Crippen molar-refractivity contribution in [3.63, 3.8) is 0 Å². The first-order chi connectivity index (χ1) is 8.13. The third kappa shape index (κ3) is 2.20. The quantitative estimate of drug-likeness (QED) is 0.929. The molecule has 94 valence electrons. The number of ether oxygens (including phenoxy) is 1. The van der Waals surface area contributed by atoms with Crippen LogP contribution >= 0.6 is 15.9 Å². The first-order valence-electron chi connectivity index (χ1n) is 5.86. The molecule has 0 spiro atoms. The summed E-state index contributed by atoms with van der Waals surface area (Å²) in [6, 6.07) is 3.38. The number of methoxy groups -OCH3 is 1. The van der Waals surface area contributed by atoms with Crippen LogP contribution in [0, 0.1) is 5.82 Å². The van der Waals surface area contributed by atoms with Crippen LogP contribution in [0.3, 0.4) is 0 Å². The maximum absolute atomic E-state index is 13.9. The van der Waals surface area contributed by atoms with Gasteiger partial charge in [-0.2, -0.15) is 0 Å². The first-order valence-corrected chi connectivity index (χ1v) is 6.66. The van der Waals surface area contributed by atoms with E-state index in [9.17, 15) is 4.39 Å². The SMILES string of the molecule is COc1c(F)cc(Br)cc1C1(CN)CCCC1. The fourth-order valence-corrected chi connectivity index (χ4v) is 3.23. The lowest BCUT2D eigenvalue weighted by atomic mass is 9.78. The fourth-order valence-electron chi connectivity index (χ4n) is 2.80. The zero-order valence-corrected chi connectivity index (χ0v) is 11.5. The van der Waals surface area contributed by atoms with E-state index in [1.165, 1.54) is 13.2 Å². The van der Waals surface area contributed by atoms with Crippen LogP contribution in [0.15, 0.2) is 16.6 Å². The highest BCUT2D eigenvalue weighted by molar-refractivity contribution is 9.10. The standard InChI is InChI=1S/C13H17BrFNO/c1-17-12-10(6-9(14)7-11(12)15)13(8-16)4-2-3-5-13/h6-7H,2-5,8,16H2,1H3. The Balaban J connectivity index is 2.56. The third-order valence-electron chi connectivity index (χ3n) is 3.74. The van der Waals surface area contributed by atoms with Crippen LogP contribution in [0.4, 0.5) is 4.39 Å². The molecule has 2 rings (SSSR count). The number of hydrogen-bond acceptors (Lipinski definition) is 2. The highest BCUT2D eigenvalue weighted by Crippen LogP contribution is 2.45. The molecule has 0 bridgehead atoms. The van der Waals surface area contributed by atoms with Crippen LogP contribution < -0.4 is 10.5 Å². The largest absolute Gasteiger partial charge is 0.493 e. The molecule has 0 heterocycles. The van der Waals surface area contributed by atoms with Gasteiger partial charge >= 0.3 is 0 Å². The molecule has 2 N–H and O–H groups in total. The van der Waals surface area contributed by atoms with E-state index in [4.69, 9.17) is 10.5 Å². The molecule has 1 fully saturated rings. The monoisotopic (exact) mass is 301 g/mol. The highest BCUT2D eigenvalue weighted by Gasteiger charge is 2.37. The summed E-state index contributed by atoms with van der Waals surface area (Å²) in [5, 5.41) is 0. The first kappa shape index (κ1) is 12.8. The second-order valence-corrected chi connectivity index (χ2v) is 5.58. The molecule has 1 aliphatic rings. The van der Waals surface area contributed by atoms with Gasteiger partial charge in [-0.05, 0) is 25.0 Å². The third-order valence-corrected chi connectivity index (χ3v) is 4.19. The van der Waals surface area contributed by atoms with Crippen LogP contribution in [0.25, 0.3) is 0 Å². The minimum Gasteiger partial charge on any atom is -0.493 e. The number of halogens is 2. The molecule has 1 aromatic rings. The lowest BCUT2D eigenvalue weighted by Crippen LogP contribution is -2.32. The second-order valence-electron chi connectivity index (χ2n) is 4.66. The molecular formula is C13H17BrFNO. The maximum Gasteiger partial charge on any atom is 0.166 e. The molecule has 0 amide bonds. The van der Waals surface area contributed by atoms with Gasteiger partial charge in [-0.3, -0.25) is 0 Å². The van der Waals surface area contributed by atoms with Crippen molar-refractivity contribution in [2.45, 2.75) is 31.1 Å². The van der Waals surface area contributed by atoms with Gasteiger partial charge in [0.2, 0.25) is 0 Å². The molecule has 1 aliphatic carbocycles. The lowest BCUT2D eigenvalue weighted by molar-refractivity contribution is 0.355. The Labute approximate surface area is 109 Å². The van der Waals surface area contributed by atoms with Crippen molar-refractivity contribution < 1.29 is 9.13 Å². The molecule has 4 heteroatoms. The van der Waals surface area contributed by atoms with Gasteiger partial charge in [0.1, 0.15) is 0 Å². The van der Waals surface area contributed by atoms with Gasteiger partial charge in [-0.15, -0.1) is 0 Å². The maximum atomic E-state index is 13.9. The van der Waals surface area contributed by atoms with Crippen molar-refractivity contribution in [3.05, 3.63) is 28.0 Å². The molecule has 2 nitrogen and oxygen atoms in total. The van der Waals surface area contributed by atoms with Crippen LogP contribution in [0.5, 0.6) is 5.75 Å². The van der Waals surface area contributed by atoms with Crippen LogP contribution in [-0.2, 0) is 5.41 Å². The van der Waals surface area contributed by atoms with Crippen molar-refractivity contribution in [2.75, 3.05) is 13.7 Å². The van der Waals surface area contributed by atoms with Gasteiger partial charge in [-0.25, -0.2) is 4.39 Å². The molecule has 0 aromatic heterocycles. The predicted octanol–water partition coefficient (Wildman–Crippen LogP) is 3.37. The Morgan fingerprint density at radius 1 is 1.41 bits per heavy atom. The van der Waals surface area contributed by atoms with Gasteiger partial charge in [0.15, 0.2) is 11.6 Å². The highest BCUT2D eigenvalue weighted by atomic mass is 79.9. The molecule has 1 aromatic carbocycles. The minimum atomic E-state index is -0.323. The molecular weight excluding hydrogens is 285 g/mol. The Kier molecular flexibility index (Phi) is 3.73. The normalized spacial score (nSPS) is 18.4. The van der Waals surface area contributed by atoms with E-state index in [1.807, 2.05) is 6.07 Å². The van der Waals surface area contributed by atoms with Gasteiger partial charge in [-0.1, -0.05) is 28.8 Å². The Hall–Kier alpha value is -0.610. The molecule has 17 heavy (non-hydrogen) atoms. The van der Waals surface area contributed by atoms with Gasteiger partial charge in [0.25, 0.3) is 0 Å². The number of benzene rings is 1. The summed E-state index contributed by atoms with van der Waals surface area (Å²) < 4.78 is 19.8. The zero-order chi connectivity index (χ0) is 12.5. The van der Waals surface area contributed by atoms with Crippen LogP contribution in [0.1, 0.15) is 31.2 Å². The zero-order valence-electron chi connectivity index (χ0n) is 9.93. The topological polar surface area (TPSA) is 35.2 Å². The van der Waals surface area contributed by atoms with Crippen molar-refractivity contribution >= 4 is 15.9 Å². The van der Waals surface area contributed by atoms with E-state index in [0.717, 1.165) is 35.7 Å². The number of nitrogens with two attached hydrogens (primary N) is 1. The Bertz CT molecular complexity index is 416. The van der Waals surface area contributed by atoms with E-state index in [1.54, 1.807) is 0 Å². The van der Waals surface area contributed by atoms with Crippen molar-refractivity contribution in [3.8, 4) is 5.75 Å². The summed E-state index contributed by atoms with van der Waals surface area (Å²) in [7, 11) is 1.51. The average molecular weight is 302 g/mol. The Morgan fingerprint density at radius 2 is 2.06 bits per heavy atom. The summed E-state index contributed by atoms with van der Waals surface area (Å²) in [5.74, 6) is 0.0251. The van der Waals surface area contributed by atoms with Gasteiger partial charge in [0.05, 0.1) is 7.11 Å². The smallest absolute Gasteiger partial charge is 0.166 e. The van der Waals surface area contributed by atoms with E-state index in [-0.39, 0.29) is 11.2 Å². The summed E-state index contributed by atoms with van der Waals surface area (Å²) >= 11 is 3.34.